The molecule has 0 aliphatic rings. The summed E-state index contributed by atoms with van der Waals surface area (Å²) < 4.78 is 0. The molecule has 88 valence electrons. The standard InChI is InChI=1S/C9H14N4O3/c1-4-5-10-6(13-12-5)7(14)11-9(2,3)8(15)16/h4H2,1-3H3,(H,11,14)(H,15,16)(H,10,12,13). The monoisotopic (exact) mass is 226 g/mol. The molecule has 7 nitrogen and oxygen atoms in total. The normalized spacial score (nSPS) is 11.2. The van der Waals surface area contributed by atoms with Gasteiger partial charge >= 0.3 is 5.97 Å². The van der Waals surface area contributed by atoms with Gasteiger partial charge in [0.15, 0.2) is 0 Å². The van der Waals surface area contributed by atoms with Crippen molar-refractivity contribution in [3.05, 3.63) is 11.6 Å². The molecule has 0 atom stereocenters. The summed E-state index contributed by atoms with van der Waals surface area (Å²) in [5.74, 6) is -1.19. The number of hydrogen-bond acceptors (Lipinski definition) is 4. The lowest BCUT2D eigenvalue weighted by Gasteiger charge is -2.19. The summed E-state index contributed by atoms with van der Waals surface area (Å²) in [6.45, 7) is 4.64. The smallest absolute Gasteiger partial charge is 0.328 e. The molecule has 0 aromatic carbocycles. The Kier molecular flexibility index (Phi) is 3.26. The van der Waals surface area contributed by atoms with Gasteiger partial charge in [0, 0.05) is 6.42 Å². The predicted octanol–water partition coefficient (Wildman–Crippen LogP) is -0.0399. The summed E-state index contributed by atoms with van der Waals surface area (Å²) in [4.78, 5) is 26.3. The Hall–Kier alpha value is -1.92. The van der Waals surface area contributed by atoms with Crippen molar-refractivity contribution < 1.29 is 14.7 Å². The highest BCUT2D eigenvalue weighted by Crippen LogP contribution is 2.03. The predicted molar refractivity (Wildman–Crippen MR) is 54.9 cm³/mol. The maximum Gasteiger partial charge on any atom is 0.328 e. The third-order valence-electron chi connectivity index (χ3n) is 2.03. The van der Waals surface area contributed by atoms with Crippen molar-refractivity contribution in [3.8, 4) is 0 Å². The first-order valence-corrected chi connectivity index (χ1v) is 4.84. The van der Waals surface area contributed by atoms with E-state index in [1.54, 1.807) is 0 Å². The van der Waals surface area contributed by atoms with E-state index in [9.17, 15) is 9.59 Å². The van der Waals surface area contributed by atoms with Crippen LogP contribution in [0.5, 0.6) is 0 Å². The maximum absolute atomic E-state index is 11.6. The Morgan fingerprint density at radius 2 is 2.12 bits per heavy atom. The van der Waals surface area contributed by atoms with Gasteiger partial charge < -0.3 is 10.4 Å². The fourth-order valence-corrected chi connectivity index (χ4v) is 0.948. The van der Waals surface area contributed by atoms with Crippen molar-refractivity contribution in [2.75, 3.05) is 0 Å². The Labute approximate surface area is 92.3 Å². The van der Waals surface area contributed by atoms with E-state index in [1.807, 2.05) is 6.92 Å². The van der Waals surface area contributed by atoms with Crippen LogP contribution >= 0.6 is 0 Å². The number of aryl methyl sites for hydroxylation is 1. The van der Waals surface area contributed by atoms with Crippen molar-refractivity contribution in [3.63, 3.8) is 0 Å². The highest BCUT2D eigenvalue weighted by Gasteiger charge is 2.30. The van der Waals surface area contributed by atoms with Crippen LogP contribution in [0, 0.1) is 0 Å². The second-order valence-electron chi connectivity index (χ2n) is 3.84. The van der Waals surface area contributed by atoms with Crippen molar-refractivity contribution in [2.24, 2.45) is 0 Å². The molecule has 7 heteroatoms. The van der Waals surface area contributed by atoms with Gasteiger partial charge in [-0.1, -0.05) is 6.92 Å². The quantitative estimate of drug-likeness (QED) is 0.667. The molecule has 0 fully saturated rings. The summed E-state index contributed by atoms with van der Waals surface area (Å²) >= 11 is 0. The van der Waals surface area contributed by atoms with Gasteiger partial charge in [0.25, 0.3) is 5.91 Å². The Morgan fingerprint density at radius 3 is 2.56 bits per heavy atom. The molecule has 0 aliphatic heterocycles. The molecule has 0 unspecified atom stereocenters. The highest BCUT2D eigenvalue weighted by atomic mass is 16.4. The molecule has 1 aromatic heterocycles. The fourth-order valence-electron chi connectivity index (χ4n) is 0.948. The fraction of sp³-hybridized carbons (Fsp3) is 0.556. The van der Waals surface area contributed by atoms with E-state index >= 15 is 0 Å². The number of nitrogens with zero attached hydrogens (tertiary/aromatic N) is 2. The van der Waals surface area contributed by atoms with Crippen LogP contribution in [0.25, 0.3) is 0 Å². The molecule has 0 bridgehead atoms. The lowest BCUT2D eigenvalue weighted by atomic mass is 10.1. The number of carboxylic acids is 1. The number of nitrogens with one attached hydrogen (secondary N) is 2. The molecule has 16 heavy (non-hydrogen) atoms. The van der Waals surface area contributed by atoms with Crippen molar-refractivity contribution >= 4 is 11.9 Å². The molecule has 1 heterocycles. The van der Waals surface area contributed by atoms with Crippen LogP contribution in [0.2, 0.25) is 0 Å². The first-order valence-electron chi connectivity index (χ1n) is 4.84. The van der Waals surface area contributed by atoms with Crippen LogP contribution in [0.1, 0.15) is 37.2 Å². The van der Waals surface area contributed by atoms with Crippen molar-refractivity contribution in [1.82, 2.24) is 20.5 Å². The van der Waals surface area contributed by atoms with E-state index in [0.717, 1.165) is 0 Å². The number of H-pyrrole nitrogens is 1. The van der Waals surface area contributed by atoms with Crippen LogP contribution in [0.15, 0.2) is 0 Å². The molecule has 1 amide bonds. The first kappa shape index (κ1) is 12.2. The van der Waals surface area contributed by atoms with E-state index < -0.39 is 17.4 Å². The largest absolute Gasteiger partial charge is 0.480 e. The topological polar surface area (TPSA) is 108 Å². The molecular formula is C9H14N4O3. The molecular weight excluding hydrogens is 212 g/mol. The molecule has 0 spiro atoms. The Balaban J connectivity index is 2.76. The number of carbonyl (C=O) groups is 2. The van der Waals surface area contributed by atoms with Crippen LogP contribution in [0.4, 0.5) is 0 Å². The molecule has 0 radical (unpaired) electrons. The number of aromatic nitrogens is 3. The Morgan fingerprint density at radius 1 is 1.50 bits per heavy atom. The molecule has 1 aromatic rings. The minimum atomic E-state index is -1.34. The van der Waals surface area contributed by atoms with Gasteiger partial charge in [0.05, 0.1) is 0 Å². The highest BCUT2D eigenvalue weighted by molar-refractivity contribution is 5.94. The molecule has 3 N–H and O–H groups in total. The minimum absolute atomic E-state index is 0.0498. The number of aromatic amines is 1. The minimum Gasteiger partial charge on any atom is -0.480 e. The Bertz CT molecular complexity index is 411. The summed E-state index contributed by atoms with van der Waals surface area (Å²) in [6, 6.07) is 0. The zero-order chi connectivity index (χ0) is 12.3. The number of carbonyl (C=O) groups excluding carboxylic acids is 1. The lowest BCUT2D eigenvalue weighted by molar-refractivity contribution is -0.143. The van der Waals surface area contributed by atoms with Gasteiger partial charge in [0.2, 0.25) is 5.82 Å². The average Bonchev–Trinajstić information content (AvgIpc) is 2.64. The van der Waals surface area contributed by atoms with Crippen molar-refractivity contribution in [1.29, 1.82) is 0 Å². The third-order valence-corrected chi connectivity index (χ3v) is 2.03. The van der Waals surface area contributed by atoms with Gasteiger partial charge in [0.1, 0.15) is 11.4 Å². The summed E-state index contributed by atoms with van der Waals surface area (Å²) in [6.07, 6.45) is 0.628. The van der Waals surface area contributed by atoms with E-state index in [0.29, 0.717) is 12.2 Å². The summed E-state index contributed by atoms with van der Waals surface area (Å²) in [7, 11) is 0. The van der Waals surface area contributed by atoms with Gasteiger partial charge in [-0.3, -0.25) is 9.89 Å². The van der Waals surface area contributed by atoms with Gasteiger partial charge in [-0.2, -0.15) is 0 Å². The molecule has 0 saturated heterocycles. The van der Waals surface area contributed by atoms with Gasteiger partial charge in [-0.25, -0.2) is 9.78 Å². The number of carboxylic acid groups (broad SMARTS) is 1. The zero-order valence-electron chi connectivity index (χ0n) is 9.37. The van der Waals surface area contributed by atoms with Crippen LogP contribution < -0.4 is 5.32 Å². The van der Waals surface area contributed by atoms with Crippen molar-refractivity contribution in [2.45, 2.75) is 32.7 Å². The molecule has 0 aliphatic carbocycles. The first-order chi connectivity index (χ1) is 7.36. The second kappa shape index (κ2) is 4.30. The lowest BCUT2D eigenvalue weighted by Crippen LogP contribution is -2.49. The van der Waals surface area contributed by atoms with Crippen LogP contribution in [-0.4, -0.2) is 37.7 Å². The van der Waals surface area contributed by atoms with Gasteiger partial charge in [-0.05, 0) is 13.8 Å². The van der Waals surface area contributed by atoms with Gasteiger partial charge in [-0.15, -0.1) is 5.10 Å². The molecule has 0 saturated carbocycles. The number of amides is 1. The van der Waals surface area contributed by atoms with E-state index in [1.165, 1.54) is 13.8 Å². The molecule has 1 rings (SSSR count). The summed E-state index contributed by atoms with van der Waals surface area (Å²) in [5, 5.41) is 17.4. The van der Waals surface area contributed by atoms with Crippen LogP contribution in [0.3, 0.4) is 0 Å². The number of aliphatic carboxylic acids is 1. The number of rotatable bonds is 4. The van der Waals surface area contributed by atoms with E-state index in [-0.39, 0.29) is 5.82 Å². The van der Waals surface area contributed by atoms with Crippen LogP contribution in [-0.2, 0) is 11.2 Å². The van der Waals surface area contributed by atoms with E-state index in [2.05, 4.69) is 20.5 Å². The number of hydrogen-bond donors (Lipinski definition) is 3. The third kappa shape index (κ3) is 2.56. The van der Waals surface area contributed by atoms with E-state index in [4.69, 9.17) is 5.11 Å². The zero-order valence-corrected chi connectivity index (χ0v) is 9.37. The maximum atomic E-state index is 11.6. The SMILES string of the molecule is CCc1nc(C(=O)NC(C)(C)C(=O)O)n[nH]1. The second-order valence-corrected chi connectivity index (χ2v) is 3.84. The summed E-state index contributed by atoms with van der Waals surface area (Å²) in [5.41, 5.74) is -1.34. The average molecular weight is 226 g/mol.